The van der Waals surface area contributed by atoms with Gasteiger partial charge in [-0.1, -0.05) is 6.42 Å². The van der Waals surface area contributed by atoms with Crippen molar-refractivity contribution in [2.45, 2.75) is 32.6 Å². The van der Waals surface area contributed by atoms with Crippen molar-refractivity contribution in [3.63, 3.8) is 0 Å². The summed E-state index contributed by atoms with van der Waals surface area (Å²) in [5.74, 6) is 0.0716. The highest BCUT2D eigenvalue weighted by Gasteiger charge is 2.14. The number of rotatable bonds is 8. The third-order valence-electron chi connectivity index (χ3n) is 2.78. The number of hydrogen-bond donors (Lipinski definition) is 1. The van der Waals surface area contributed by atoms with E-state index in [4.69, 9.17) is 0 Å². The highest BCUT2D eigenvalue weighted by molar-refractivity contribution is 5.68. The molecule has 0 bridgehead atoms. The number of esters is 1. The zero-order valence-electron chi connectivity index (χ0n) is 11.7. The van der Waals surface area contributed by atoms with E-state index in [9.17, 15) is 14.9 Å². The SMILES string of the molecule is COC(=O)CCCCCNc1ncc(C)cc1[N+](=O)[O-]. The summed E-state index contributed by atoms with van der Waals surface area (Å²) in [6.45, 7) is 2.34. The van der Waals surface area contributed by atoms with Crippen LogP contribution in [0.3, 0.4) is 0 Å². The van der Waals surface area contributed by atoms with Crippen molar-refractivity contribution in [3.8, 4) is 0 Å². The minimum absolute atomic E-state index is 0.0143. The van der Waals surface area contributed by atoms with Crippen LogP contribution in [-0.2, 0) is 9.53 Å². The molecule has 0 aliphatic carbocycles. The lowest BCUT2D eigenvalue weighted by Gasteiger charge is -2.06. The Hall–Kier alpha value is -2.18. The second kappa shape index (κ2) is 8.08. The van der Waals surface area contributed by atoms with Gasteiger partial charge >= 0.3 is 11.7 Å². The Morgan fingerprint density at radius 2 is 2.20 bits per heavy atom. The fourth-order valence-electron chi connectivity index (χ4n) is 1.71. The maximum absolute atomic E-state index is 10.9. The highest BCUT2D eigenvalue weighted by atomic mass is 16.6. The first-order valence-corrected chi connectivity index (χ1v) is 6.46. The number of nitrogens with zero attached hydrogens (tertiary/aromatic N) is 2. The highest BCUT2D eigenvalue weighted by Crippen LogP contribution is 2.22. The molecule has 1 rings (SSSR count). The normalized spacial score (nSPS) is 10.1. The van der Waals surface area contributed by atoms with Crippen molar-refractivity contribution in [2.75, 3.05) is 19.0 Å². The van der Waals surface area contributed by atoms with Crippen LogP contribution < -0.4 is 5.32 Å². The average molecular weight is 281 g/mol. The Bertz CT molecular complexity index is 477. The van der Waals surface area contributed by atoms with E-state index in [2.05, 4.69) is 15.0 Å². The molecule has 1 aromatic heterocycles. The van der Waals surface area contributed by atoms with E-state index in [1.807, 2.05) is 0 Å². The molecule has 1 heterocycles. The quantitative estimate of drug-likeness (QED) is 0.340. The predicted molar refractivity (Wildman–Crippen MR) is 74.6 cm³/mol. The second-order valence-corrected chi connectivity index (χ2v) is 4.45. The number of ether oxygens (including phenoxy) is 1. The molecule has 7 heteroatoms. The van der Waals surface area contributed by atoms with Gasteiger partial charge in [0.25, 0.3) is 0 Å². The Morgan fingerprint density at radius 1 is 1.45 bits per heavy atom. The summed E-state index contributed by atoms with van der Waals surface area (Å²) in [5, 5.41) is 13.8. The van der Waals surface area contributed by atoms with Crippen LogP contribution in [0.15, 0.2) is 12.3 Å². The Kier molecular flexibility index (Phi) is 6.42. The number of carbonyl (C=O) groups excluding carboxylic acids is 1. The van der Waals surface area contributed by atoms with Crippen molar-refractivity contribution in [1.82, 2.24) is 4.98 Å². The molecule has 0 radical (unpaired) electrons. The van der Waals surface area contributed by atoms with E-state index in [0.29, 0.717) is 13.0 Å². The smallest absolute Gasteiger partial charge is 0.311 e. The van der Waals surface area contributed by atoms with Crippen LogP contribution in [-0.4, -0.2) is 29.5 Å². The molecular formula is C13H19N3O4. The van der Waals surface area contributed by atoms with Crippen LogP contribution in [0.2, 0.25) is 0 Å². The second-order valence-electron chi connectivity index (χ2n) is 4.45. The number of carbonyl (C=O) groups is 1. The monoisotopic (exact) mass is 281 g/mol. The minimum atomic E-state index is -0.445. The van der Waals surface area contributed by atoms with E-state index in [1.54, 1.807) is 13.1 Å². The van der Waals surface area contributed by atoms with E-state index in [-0.39, 0.29) is 17.5 Å². The lowest BCUT2D eigenvalue weighted by atomic mass is 10.2. The van der Waals surface area contributed by atoms with Crippen molar-refractivity contribution in [1.29, 1.82) is 0 Å². The molecule has 20 heavy (non-hydrogen) atoms. The Balaban J connectivity index is 2.35. The molecule has 0 aliphatic heterocycles. The molecule has 0 aliphatic rings. The summed E-state index contributed by atoms with van der Waals surface area (Å²) in [5.41, 5.74) is 0.736. The predicted octanol–water partition coefficient (Wildman–Crippen LogP) is 2.44. The average Bonchev–Trinajstić information content (AvgIpc) is 2.43. The maximum Gasteiger partial charge on any atom is 0.311 e. The lowest BCUT2D eigenvalue weighted by molar-refractivity contribution is -0.384. The summed E-state index contributed by atoms with van der Waals surface area (Å²) in [6, 6.07) is 1.49. The molecule has 110 valence electrons. The van der Waals surface area contributed by atoms with Crippen molar-refractivity contribution in [2.24, 2.45) is 0 Å². The zero-order chi connectivity index (χ0) is 15.0. The molecule has 1 N–H and O–H groups in total. The van der Waals surface area contributed by atoms with Crippen LogP contribution in [0.4, 0.5) is 11.5 Å². The fraction of sp³-hybridized carbons (Fsp3) is 0.538. The van der Waals surface area contributed by atoms with Crippen molar-refractivity contribution >= 4 is 17.5 Å². The standard InChI is InChI=1S/C13H19N3O4/c1-10-8-11(16(18)19)13(15-9-10)14-7-5-3-4-6-12(17)20-2/h8-9H,3-7H2,1-2H3,(H,14,15). The van der Waals surface area contributed by atoms with Gasteiger partial charge in [-0.15, -0.1) is 0 Å². The molecule has 0 spiro atoms. The molecule has 0 saturated carbocycles. The Morgan fingerprint density at radius 3 is 2.85 bits per heavy atom. The maximum atomic E-state index is 10.9. The number of aryl methyl sites for hydroxylation is 1. The number of pyridine rings is 1. The van der Waals surface area contributed by atoms with Gasteiger partial charge < -0.3 is 10.1 Å². The van der Waals surface area contributed by atoms with Gasteiger partial charge in [0.1, 0.15) is 0 Å². The van der Waals surface area contributed by atoms with Crippen LogP contribution in [0, 0.1) is 17.0 Å². The number of aromatic nitrogens is 1. The summed E-state index contributed by atoms with van der Waals surface area (Å²) in [7, 11) is 1.37. The van der Waals surface area contributed by atoms with Crippen LogP contribution >= 0.6 is 0 Å². The van der Waals surface area contributed by atoms with Gasteiger partial charge in [-0.3, -0.25) is 14.9 Å². The van der Waals surface area contributed by atoms with Gasteiger partial charge in [-0.05, 0) is 25.3 Å². The van der Waals surface area contributed by atoms with Gasteiger partial charge in [0, 0.05) is 25.2 Å². The van der Waals surface area contributed by atoms with Gasteiger partial charge in [0.15, 0.2) is 0 Å². The van der Waals surface area contributed by atoms with E-state index in [0.717, 1.165) is 24.8 Å². The summed E-state index contributed by atoms with van der Waals surface area (Å²) in [6.07, 6.45) is 4.40. The van der Waals surface area contributed by atoms with Gasteiger partial charge in [0.05, 0.1) is 12.0 Å². The number of hydrogen-bond acceptors (Lipinski definition) is 6. The van der Waals surface area contributed by atoms with Crippen LogP contribution in [0.5, 0.6) is 0 Å². The Labute approximate surface area is 117 Å². The third-order valence-corrected chi connectivity index (χ3v) is 2.78. The number of anilines is 1. The first kappa shape index (κ1) is 15.9. The van der Waals surface area contributed by atoms with Crippen molar-refractivity contribution < 1.29 is 14.5 Å². The first-order chi connectivity index (χ1) is 9.54. The lowest BCUT2D eigenvalue weighted by Crippen LogP contribution is -2.07. The molecule has 0 saturated heterocycles. The molecule has 1 aromatic rings. The van der Waals surface area contributed by atoms with E-state index >= 15 is 0 Å². The number of methoxy groups -OCH3 is 1. The van der Waals surface area contributed by atoms with Gasteiger partial charge in [-0.25, -0.2) is 4.98 Å². The van der Waals surface area contributed by atoms with E-state index in [1.165, 1.54) is 13.2 Å². The van der Waals surface area contributed by atoms with Crippen molar-refractivity contribution in [3.05, 3.63) is 27.9 Å². The number of nitrogens with one attached hydrogen (secondary N) is 1. The fourth-order valence-corrected chi connectivity index (χ4v) is 1.71. The summed E-state index contributed by atoms with van der Waals surface area (Å²) < 4.78 is 4.54. The molecular weight excluding hydrogens is 262 g/mol. The topological polar surface area (TPSA) is 94.4 Å². The molecule has 0 fully saturated rings. The summed E-state index contributed by atoms with van der Waals surface area (Å²) >= 11 is 0. The van der Waals surface area contributed by atoms with E-state index < -0.39 is 4.92 Å². The molecule has 0 unspecified atom stereocenters. The van der Waals surface area contributed by atoms with Gasteiger partial charge in [0.2, 0.25) is 5.82 Å². The molecule has 7 nitrogen and oxygen atoms in total. The molecule has 0 aromatic carbocycles. The summed E-state index contributed by atoms with van der Waals surface area (Å²) in [4.78, 5) is 25.4. The third kappa shape index (κ3) is 5.21. The minimum Gasteiger partial charge on any atom is -0.469 e. The van der Waals surface area contributed by atoms with Crippen LogP contribution in [0.1, 0.15) is 31.2 Å². The molecule has 0 amide bonds. The van der Waals surface area contributed by atoms with Crippen LogP contribution in [0.25, 0.3) is 0 Å². The molecule has 0 atom stereocenters. The number of nitro groups is 1. The number of unbranched alkanes of at least 4 members (excludes halogenated alkanes) is 2. The zero-order valence-corrected chi connectivity index (χ0v) is 11.7. The van der Waals surface area contributed by atoms with Gasteiger partial charge in [-0.2, -0.15) is 0 Å². The first-order valence-electron chi connectivity index (χ1n) is 6.46. The largest absolute Gasteiger partial charge is 0.469 e.